The number of benzene rings is 2. The number of hydrogen-bond donors (Lipinski definition) is 2. The summed E-state index contributed by atoms with van der Waals surface area (Å²) in [4.78, 5) is 5.64. The average Bonchev–Trinajstić information content (AvgIpc) is 2.66. The highest BCUT2D eigenvalue weighted by Gasteiger charge is 2.05. The molecule has 0 unspecified atom stereocenters. The fraction of sp³-hybridized carbons (Fsp3) is 0.409. The van der Waals surface area contributed by atoms with E-state index in [9.17, 15) is 0 Å². The van der Waals surface area contributed by atoms with Crippen LogP contribution in [0.2, 0.25) is 0 Å². The lowest BCUT2D eigenvalue weighted by atomic mass is 10.1. The van der Waals surface area contributed by atoms with Crippen molar-refractivity contribution in [2.45, 2.75) is 46.6 Å². The van der Waals surface area contributed by atoms with Crippen LogP contribution < -0.4 is 10.6 Å². The molecule has 2 N–H and O–H groups in total. The van der Waals surface area contributed by atoms with Crippen LogP contribution in [0, 0.1) is 6.92 Å². The molecular formula is C22H31N3O. The largest absolute Gasteiger partial charge is 0.391 e. The zero-order chi connectivity index (χ0) is 18.8. The van der Waals surface area contributed by atoms with Crippen molar-refractivity contribution < 1.29 is 4.84 Å². The van der Waals surface area contributed by atoms with Crippen molar-refractivity contribution in [1.29, 1.82) is 0 Å². The lowest BCUT2D eigenvalue weighted by Gasteiger charge is -2.11. The molecule has 0 spiro atoms. The zero-order valence-electron chi connectivity index (χ0n) is 16.4. The van der Waals surface area contributed by atoms with E-state index in [0.717, 1.165) is 34.8 Å². The van der Waals surface area contributed by atoms with Gasteiger partial charge in [-0.3, -0.25) is 0 Å². The van der Waals surface area contributed by atoms with Crippen LogP contribution >= 0.6 is 0 Å². The molecule has 140 valence electrons. The molecule has 0 aromatic heterocycles. The summed E-state index contributed by atoms with van der Waals surface area (Å²) in [7, 11) is 1.92. The molecule has 2 rings (SSSR count). The van der Waals surface area contributed by atoms with Gasteiger partial charge in [-0.05, 0) is 44.0 Å². The van der Waals surface area contributed by atoms with Crippen molar-refractivity contribution >= 4 is 17.1 Å². The van der Waals surface area contributed by atoms with Gasteiger partial charge in [0.1, 0.15) is 6.61 Å². The molecule has 0 aliphatic rings. The number of hydrogen-bond acceptors (Lipinski definition) is 4. The van der Waals surface area contributed by atoms with E-state index in [1.54, 1.807) is 0 Å². The Kier molecular flexibility index (Phi) is 8.00. The van der Waals surface area contributed by atoms with E-state index < -0.39 is 0 Å². The van der Waals surface area contributed by atoms with Crippen molar-refractivity contribution in [2.24, 2.45) is 5.16 Å². The Balaban J connectivity index is 1.97. The number of rotatable bonds is 10. The second-order valence-electron chi connectivity index (χ2n) is 6.52. The Labute approximate surface area is 157 Å². The van der Waals surface area contributed by atoms with Crippen LogP contribution in [0.4, 0.5) is 11.4 Å². The maximum absolute atomic E-state index is 5.64. The minimum Gasteiger partial charge on any atom is -0.391 e. The molecule has 0 atom stereocenters. The number of anilines is 2. The van der Waals surface area contributed by atoms with Gasteiger partial charge in [0.05, 0.1) is 5.71 Å². The molecule has 0 bridgehead atoms. The predicted octanol–water partition coefficient (Wildman–Crippen LogP) is 5.58. The smallest absolute Gasteiger partial charge is 0.144 e. The first kappa shape index (κ1) is 19.8. The van der Waals surface area contributed by atoms with Crippen molar-refractivity contribution in [1.82, 2.24) is 0 Å². The summed E-state index contributed by atoms with van der Waals surface area (Å²) >= 11 is 0. The molecule has 0 amide bonds. The second kappa shape index (κ2) is 10.5. The van der Waals surface area contributed by atoms with Crippen LogP contribution in [0.25, 0.3) is 0 Å². The molecule has 0 aliphatic heterocycles. The minimum atomic E-state index is 0.454. The predicted molar refractivity (Wildman–Crippen MR) is 112 cm³/mol. The number of aryl methyl sites for hydroxylation is 1. The number of oxime groups is 1. The van der Waals surface area contributed by atoms with Crippen LogP contribution in [0.15, 0.2) is 47.6 Å². The molecule has 2 aromatic carbocycles. The first-order valence-electron chi connectivity index (χ1n) is 9.42. The fourth-order valence-electron chi connectivity index (χ4n) is 2.84. The number of nitrogens with one attached hydrogen (secondary N) is 2. The molecule has 4 heteroatoms. The molecule has 0 saturated heterocycles. The van der Waals surface area contributed by atoms with Gasteiger partial charge in [0, 0.05) is 36.1 Å². The highest BCUT2D eigenvalue weighted by Crippen LogP contribution is 2.20. The van der Waals surface area contributed by atoms with Crippen LogP contribution in [0.5, 0.6) is 0 Å². The molecule has 0 heterocycles. The van der Waals surface area contributed by atoms with Crippen LogP contribution in [-0.2, 0) is 11.4 Å². The van der Waals surface area contributed by atoms with Gasteiger partial charge in [-0.2, -0.15) is 0 Å². The van der Waals surface area contributed by atoms with Crippen LogP contribution in [0.1, 0.15) is 49.8 Å². The molecule has 2 aromatic rings. The summed E-state index contributed by atoms with van der Waals surface area (Å²) in [5, 5.41) is 11.0. The molecule has 26 heavy (non-hydrogen) atoms. The average molecular weight is 354 g/mol. The van der Waals surface area contributed by atoms with Gasteiger partial charge in [0.15, 0.2) is 0 Å². The first-order chi connectivity index (χ1) is 12.7. The van der Waals surface area contributed by atoms with Crippen molar-refractivity contribution in [3.63, 3.8) is 0 Å². The molecule has 0 aliphatic carbocycles. The number of unbranched alkanes of at least 4 members (excludes halogenated alkanes) is 2. The highest BCUT2D eigenvalue weighted by atomic mass is 16.6. The minimum absolute atomic E-state index is 0.454. The monoisotopic (exact) mass is 353 g/mol. The van der Waals surface area contributed by atoms with E-state index in [1.807, 2.05) is 20.0 Å². The fourth-order valence-corrected chi connectivity index (χ4v) is 2.84. The van der Waals surface area contributed by atoms with E-state index in [1.165, 1.54) is 24.8 Å². The quantitative estimate of drug-likeness (QED) is 0.333. The molecular weight excluding hydrogens is 322 g/mol. The number of nitrogens with zero attached hydrogens (tertiary/aromatic N) is 1. The molecule has 0 saturated carbocycles. The van der Waals surface area contributed by atoms with Gasteiger partial charge in [-0.1, -0.05) is 49.2 Å². The molecule has 4 nitrogen and oxygen atoms in total. The third-order valence-corrected chi connectivity index (χ3v) is 4.48. The maximum Gasteiger partial charge on any atom is 0.144 e. The Hall–Kier alpha value is -2.49. The molecule has 0 radical (unpaired) electrons. The van der Waals surface area contributed by atoms with Gasteiger partial charge in [-0.25, -0.2) is 0 Å². The summed E-state index contributed by atoms with van der Waals surface area (Å²) in [6.45, 7) is 7.74. The SMILES string of the molecule is CCCCCNc1cccc(/C(C)=N/OCc2c(C)cccc2NC)c1. The Morgan fingerprint density at radius 2 is 1.92 bits per heavy atom. The Morgan fingerprint density at radius 1 is 1.12 bits per heavy atom. The lowest BCUT2D eigenvalue weighted by molar-refractivity contribution is 0.130. The van der Waals surface area contributed by atoms with Gasteiger partial charge in [0.25, 0.3) is 0 Å². The second-order valence-corrected chi connectivity index (χ2v) is 6.52. The van der Waals surface area contributed by atoms with Crippen molar-refractivity contribution in [3.8, 4) is 0 Å². The van der Waals surface area contributed by atoms with Gasteiger partial charge < -0.3 is 15.5 Å². The lowest BCUT2D eigenvalue weighted by Crippen LogP contribution is -2.04. The summed E-state index contributed by atoms with van der Waals surface area (Å²) in [5.74, 6) is 0. The topological polar surface area (TPSA) is 45.7 Å². The van der Waals surface area contributed by atoms with E-state index in [2.05, 4.69) is 66.0 Å². The highest BCUT2D eigenvalue weighted by molar-refractivity contribution is 5.99. The van der Waals surface area contributed by atoms with Gasteiger partial charge in [-0.15, -0.1) is 0 Å². The van der Waals surface area contributed by atoms with E-state index >= 15 is 0 Å². The Morgan fingerprint density at radius 3 is 2.69 bits per heavy atom. The molecule has 0 fully saturated rings. The summed E-state index contributed by atoms with van der Waals surface area (Å²) < 4.78 is 0. The van der Waals surface area contributed by atoms with Crippen LogP contribution in [-0.4, -0.2) is 19.3 Å². The van der Waals surface area contributed by atoms with Gasteiger partial charge >= 0.3 is 0 Å². The van der Waals surface area contributed by atoms with Crippen molar-refractivity contribution in [3.05, 3.63) is 59.2 Å². The third kappa shape index (κ3) is 5.80. The standard InChI is InChI=1S/C22H31N3O/c1-5-6-7-14-24-20-12-9-11-19(15-20)18(3)25-26-16-21-17(2)10-8-13-22(21)23-4/h8-13,15,23-24H,5-7,14,16H2,1-4H3/b25-18+. The third-order valence-electron chi connectivity index (χ3n) is 4.48. The first-order valence-corrected chi connectivity index (χ1v) is 9.42. The summed E-state index contributed by atoms with van der Waals surface area (Å²) in [5.41, 5.74) is 6.49. The van der Waals surface area contributed by atoms with E-state index in [-0.39, 0.29) is 0 Å². The normalized spacial score (nSPS) is 11.3. The summed E-state index contributed by atoms with van der Waals surface area (Å²) in [6.07, 6.45) is 3.69. The summed E-state index contributed by atoms with van der Waals surface area (Å²) in [6, 6.07) is 14.5. The van der Waals surface area contributed by atoms with Gasteiger partial charge in [0.2, 0.25) is 0 Å². The Bertz CT molecular complexity index is 725. The van der Waals surface area contributed by atoms with Crippen molar-refractivity contribution in [2.75, 3.05) is 24.2 Å². The van der Waals surface area contributed by atoms with E-state index in [0.29, 0.717) is 6.61 Å². The van der Waals surface area contributed by atoms with Crippen LogP contribution in [0.3, 0.4) is 0 Å². The zero-order valence-corrected chi connectivity index (χ0v) is 16.4. The van der Waals surface area contributed by atoms with E-state index in [4.69, 9.17) is 4.84 Å². The maximum atomic E-state index is 5.64.